The maximum Gasteiger partial charge on any atom is 0.251 e. The summed E-state index contributed by atoms with van der Waals surface area (Å²) in [6.07, 6.45) is 1.65. The lowest BCUT2D eigenvalue weighted by Gasteiger charge is -2.22. The van der Waals surface area contributed by atoms with E-state index in [1.165, 1.54) is 11.8 Å². The van der Waals surface area contributed by atoms with E-state index in [2.05, 4.69) is 25.8 Å². The number of amides is 2. The minimum absolute atomic E-state index is 0.0986. The summed E-state index contributed by atoms with van der Waals surface area (Å²) >= 11 is 1.31. The van der Waals surface area contributed by atoms with Crippen LogP contribution in [0, 0.1) is 19.8 Å². The Bertz CT molecular complexity index is 1130. The van der Waals surface area contributed by atoms with Gasteiger partial charge in [-0.3, -0.25) is 9.59 Å². The Labute approximate surface area is 198 Å². The highest BCUT2D eigenvalue weighted by Gasteiger charge is 2.26. The first-order chi connectivity index (χ1) is 15.8. The van der Waals surface area contributed by atoms with Crippen LogP contribution in [0.4, 0.5) is 5.82 Å². The molecule has 3 rings (SSSR count). The van der Waals surface area contributed by atoms with Gasteiger partial charge >= 0.3 is 0 Å². The Kier molecular flexibility index (Phi) is 8.21. The Morgan fingerprint density at radius 3 is 2.58 bits per heavy atom. The molecule has 0 aliphatic carbocycles. The Morgan fingerprint density at radius 2 is 1.91 bits per heavy atom. The lowest BCUT2D eigenvalue weighted by atomic mass is 10.0. The molecular weight excluding hydrogens is 436 g/mol. The summed E-state index contributed by atoms with van der Waals surface area (Å²) in [6, 6.07) is 10.9. The molecule has 2 heterocycles. The number of carbonyl (C=O) groups is 2. The molecule has 2 aromatic heterocycles. The third-order valence-corrected chi connectivity index (χ3v) is 6.14. The van der Waals surface area contributed by atoms with Gasteiger partial charge in [-0.2, -0.15) is 0 Å². The minimum Gasteiger partial charge on any atom is -0.342 e. The first-order valence-electron chi connectivity index (χ1n) is 10.9. The van der Waals surface area contributed by atoms with Crippen LogP contribution in [-0.4, -0.2) is 37.3 Å². The first kappa shape index (κ1) is 24.4. The van der Waals surface area contributed by atoms with Crippen molar-refractivity contribution >= 4 is 29.4 Å². The molecule has 0 aliphatic rings. The second-order valence-corrected chi connectivity index (χ2v) is 9.10. The standard InChI is InChI=1S/C24H30N6O2S/c1-6-30-22(20(15(2)3)27-23(32)18-11-7-9-16(4)13-18)28-29-24(30)33-14-19(31)26-21-17(5)10-8-12-25-21/h7-13,15,20H,6,14H2,1-5H3,(H,27,32)(H,25,26,31)/t20-/m1/s1. The number of aromatic nitrogens is 4. The van der Waals surface area contributed by atoms with Gasteiger partial charge in [-0.1, -0.05) is 49.4 Å². The number of rotatable bonds is 9. The molecule has 0 saturated carbocycles. The molecule has 0 fully saturated rings. The number of carbonyl (C=O) groups excluding carboxylic acids is 2. The number of hydrogen-bond donors (Lipinski definition) is 2. The highest BCUT2D eigenvalue weighted by atomic mass is 32.2. The number of hydrogen-bond acceptors (Lipinski definition) is 6. The van der Waals surface area contributed by atoms with Gasteiger partial charge in [-0.05, 0) is 50.5 Å². The lowest BCUT2D eigenvalue weighted by molar-refractivity contribution is -0.113. The first-order valence-corrected chi connectivity index (χ1v) is 11.9. The fraction of sp³-hybridized carbons (Fsp3) is 0.375. The summed E-state index contributed by atoms with van der Waals surface area (Å²) < 4.78 is 1.95. The van der Waals surface area contributed by atoms with Gasteiger partial charge in [0.05, 0.1) is 11.8 Å². The maximum atomic E-state index is 12.9. The minimum atomic E-state index is -0.315. The van der Waals surface area contributed by atoms with Crippen LogP contribution in [0.15, 0.2) is 47.8 Å². The summed E-state index contributed by atoms with van der Waals surface area (Å²) in [6.45, 7) is 10.5. The molecule has 2 amide bonds. The summed E-state index contributed by atoms with van der Waals surface area (Å²) in [7, 11) is 0. The van der Waals surface area contributed by atoms with E-state index in [9.17, 15) is 9.59 Å². The van der Waals surface area contributed by atoms with Gasteiger partial charge in [-0.15, -0.1) is 10.2 Å². The van der Waals surface area contributed by atoms with Gasteiger partial charge in [0, 0.05) is 18.3 Å². The van der Waals surface area contributed by atoms with E-state index in [4.69, 9.17) is 0 Å². The van der Waals surface area contributed by atoms with Crippen molar-refractivity contribution in [2.24, 2.45) is 5.92 Å². The molecule has 0 radical (unpaired) electrons. The molecule has 0 saturated heterocycles. The van der Waals surface area contributed by atoms with Crippen LogP contribution in [0.2, 0.25) is 0 Å². The van der Waals surface area contributed by atoms with Crippen LogP contribution in [0.3, 0.4) is 0 Å². The third kappa shape index (κ3) is 6.19. The number of thioether (sulfide) groups is 1. The molecule has 0 unspecified atom stereocenters. The quantitative estimate of drug-likeness (QED) is 0.459. The van der Waals surface area contributed by atoms with Crippen molar-refractivity contribution in [1.82, 2.24) is 25.1 Å². The average molecular weight is 467 g/mol. The molecule has 9 heteroatoms. The summed E-state index contributed by atoms with van der Waals surface area (Å²) in [4.78, 5) is 29.5. The molecule has 174 valence electrons. The zero-order chi connectivity index (χ0) is 24.0. The zero-order valence-electron chi connectivity index (χ0n) is 19.6. The van der Waals surface area contributed by atoms with E-state index in [0.29, 0.717) is 28.9 Å². The molecule has 1 atom stereocenters. The number of nitrogens with zero attached hydrogens (tertiary/aromatic N) is 4. The van der Waals surface area contributed by atoms with Gasteiger partial charge in [-0.25, -0.2) is 4.98 Å². The number of pyridine rings is 1. The molecule has 33 heavy (non-hydrogen) atoms. The molecule has 2 N–H and O–H groups in total. The van der Waals surface area contributed by atoms with Crippen LogP contribution >= 0.6 is 11.8 Å². The van der Waals surface area contributed by atoms with Crippen molar-refractivity contribution in [3.8, 4) is 0 Å². The van der Waals surface area contributed by atoms with Crippen molar-refractivity contribution in [3.63, 3.8) is 0 Å². The number of aryl methyl sites for hydroxylation is 2. The second kappa shape index (κ2) is 11.1. The molecule has 8 nitrogen and oxygen atoms in total. The fourth-order valence-electron chi connectivity index (χ4n) is 3.39. The fourth-order valence-corrected chi connectivity index (χ4v) is 4.20. The van der Waals surface area contributed by atoms with Crippen LogP contribution in [0.5, 0.6) is 0 Å². The van der Waals surface area contributed by atoms with E-state index >= 15 is 0 Å². The van der Waals surface area contributed by atoms with Gasteiger partial charge < -0.3 is 15.2 Å². The van der Waals surface area contributed by atoms with Crippen molar-refractivity contribution in [3.05, 3.63) is 65.1 Å². The van der Waals surface area contributed by atoms with E-state index < -0.39 is 0 Å². The van der Waals surface area contributed by atoms with E-state index in [0.717, 1.165) is 11.1 Å². The number of anilines is 1. The van der Waals surface area contributed by atoms with Crippen LogP contribution in [-0.2, 0) is 11.3 Å². The largest absolute Gasteiger partial charge is 0.342 e. The Morgan fingerprint density at radius 1 is 1.12 bits per heavy atom. The number of nitrogens with one attached hydrogen (secondary N) is 2. The summed E-state index contributed by atoms with van der Waals surface area (Å²) in [5, 5.41) is 15.3. The average Bonchev–Trinajstić information content (AvgIpc) is 3.19. The zero-order valence-corrected chi connectivity index (χ0v) is 20.4. The predicted molar refractivity (Wildman–Crippen MR) is 130 cm³/mol. The lowest BCUT2D eigenvalue weighted by Crippen LogP contribution is -2.33. The topological polar surface area (TPSA) is 102 Å². The monoisotopic (exact) mass is 466 g/mol. The highest BCUT2D eigenvalue weighted by molar-refractivity contribution is 7.99. The van der Waals surface area contributed by atoms with Crippen molar-refractivity contribution in [2.45, 2.75) is 52.4 Å². The summed E-state index contributed by atoms with van der Waals surface area (Å²) in [5.74, 6) is 1.19. The van der Waals surface area contributed by atoms with E-state index in [-0.39, 0.29) is 29.5 Å². The Hall–Kier alpha value is -3.20. The van der Waals surface area contributed by atoms with Crippen molar-refractivity contribution < 1.29 is 9.59 Å². The van der Waals surface area contributed by atoms with E-state index in [1.54, 1.807) is 12.3 Å². The maximum absolute atomic E-state index is 12.9. The van der Waals surface area contributed by atoms with Crippen LogP contribution in [0.1, 0.15) is 54.1 Å². The highest BCUT2D eigenvalue weighted by Crippen LogP contribution is 2.26. The predicted octanol–water partition coefficient (Wildman–Crippen LogP) is 4.17. The normalized spacial score (nSPS) is 11.9. The van der Waals surface area contributed by atoms with E-state index in [1.807, 2.05) is 69.5 Å². The SMILES string of the molecule is CCn1c(SCC(=O)Nc2ncccc2C)nnc1[C@H](NC(=O)c1cccc(C)c1)C(C)C. The van der Waals surface area contributed by atoms with Crippen LogP contribution in [0.25, 0.3) is 0 Å². The van der Waals surface area contributed by atoms with Gasteiger partial charge in [0.15, 0.2) is 11.0 Å². The number of benzene rings is 1. The van der Waals surface area contributed by atoms with Crippen molar-refractivity contribution in [1.29, 1.82) is 0 Å². The second-order valence-electron chi connectivity index (χ2n) is 8.16. The molecule has 1 aromatic carbocycles. The van der Waals surface area contributed by atoms with Gasteiger partial charge in [0.2, 0.25) is 5.91 Å². The molecule has 0 aliphatic heterocycles. The molecule has 3 aromatic rings. The molecule has 0 spiro atoms. The van der Waals surface area contributed by atoms with Gasteiger partial charge in [0.1, 0.15) is 5.82 Å². The third-order valence-electron chi connectivity index (χ3n) is 5.17. The van der Waals surface area contributed by atoms with Gasteiger partial charge in [0.25, 0.3) is 5.91 Å². The molecule has 0 bridgehead atoms. The van der Waals surface area contributed by atoms with Crippen molar-refractivity contribution in [2.75, 3.05) is 11.1 Å². The smallest absolute Gasteiger partial charge is 0.251 e. The molecular formula is C24H30N6O2S. The summed E-state index contributed by atoms with van der Waals surface area (Å²) in [5.41, 5.74) is 2.54. The Balaban J connectivity index is 1.72. The van der Waals surface area contributed by atoms with Crippen LogP contribution < -0.4 is 10.6 Å².